The molecular formula is C24H23F3N4O2. The average molecular weight is 456 g/mol. The van der Waals surface area contributed by atoms with Crippen molar-refractivity contribution < 1.29 is 22.7 Å². The van der Waals surface area contributed by atoms with Gasteiger partial charge in [-0.25, -0.2) is 4.98 Å². The van der Waals surface area contributed by atoms with Crippen LogP contribution in [0.2, 0.25) is 0 Å². The van der Waals surface area contributed by atoms with E-state index in [0.29, 0.717) is 41.4 Å². The lowest BCUT2D eigenvalue weighted by Crippen LogP contribution is -2.29. The Morgan fingerprint density at radius 1 is 0.970 bits per heavy atom. The molecule has 0 fully saturated rings. The van der Waals surface area contributed by atoms with Crippen molar-refractivity contribution in [1.82, 2.24) is 9.97 Å². The van der Waals surface area contributed by atoms with Crippen molar-refractivity contribution in [3.8, 4) is 5.75 Å². The third-order valence-corrected chi connectivity index (χ3v) is 5.35. The average Bonchev–Trinajstić information content (AvgIpc) is 2.72. The van der Waals surface area contributed by atoms with Gasteiger partial charge in [0.25, 0.3) is 0 Å². The zero-order chi connectivity index (χ0) is 23.8. The molecule has 2 N–H and O–H groups in total. The summed E-state index contributed by atoms with van der Waals surface area (Å²) in [6.07, 6.45) is -3.59. The van der Waals surface area contributed by atoms with Gasteiger partial charge in [-0.05, 0) is 54.3 Å². The Hall–Kier alpha value is -3.62. The highest BCUT2D eigenvalue weighted by Gasteiger charge is 2.35. The van der Waals surface area contributed by atoms with Crippen molar-refractivity contribution in [2.24, 2.45) is 5.41 Å². The minimum atomic E-state index is -4.47. The fourth-order valence-electron chi connectivity index (χ4n) is 3.83. The van der Waals surface area contributed by atoms with E-state index in [1.165, 1.54) is 12.1 Å². The van der Waals surface area contributed by atoms with E-state index in [1.807, 2.05) is 13.8 Å². The number of rotatable bonds is 5. The predicted molar refractivity (Wildman–Crippen MR) is 119 cm³/mol. The molecule has 2 aromatic carbocycles. The first kappa shape index (κ1) is 22.6. The Morgan fingerprint density at radius 2 is 1.70 bits per heavy atom. The number of methoxy groups -OCH3 is 1. The fourth-order valence-corrected chi connectivity index (χ4v) is 3.83. The molecule has 1 aliphatic carbocycles. The van der Waals surface area contributed by atoms with Crippen LogP contribution >= 0.6 is 0 Å². The number of nitrogens with one attached hydrogen (secondary N) is 2. The number of halogens is 3. The molecule has 0 radical (unpaired) electrons. The van der Waals surface area contributed by atoms with E-state index < -0.39 is 11.7 Å². The van der Waals surface area contributed by atoms with Crippen LogP contribution in [0.1, 0.15) is 41.9 Å². The van der Waals surface area contributed by atoms with E-state index in [9.17, 15) is 18.0 Å². The van der Waals surface area contributed by atoms with E-state index in [2.05, 4.69) is 20.6 Å². The van der Waals surface area contributed by atoms with Crippen LogP contribution < -0.4 is 15.4 Å². The third-order valence-electron chi connectivity index (χ3n) is 5.35. The van der Waals surface area contributed by atoms with Gasteiger partial charge in [0, 0.05) is 17.8 Å². The summed E-state index contributed by atoms with van der Waals surface area (Å²) in [5, 5.41) is 6.02. The molecule has 0 spiro atoms. The van der Waals surface area contributed by atoms with Crippen LogP contribution in [0.4, 0.5) is 36.3 Å². The smallest absolute Gasteiger partial charge is 0.416 e. The van der Waals surface area contributed by atoms with Crippen molar-refractivity contribution in [2.45, 2.75) is 32.9 Å². The molecule has 1 aromatic heterocycles. The van der Waals surface area contributed by atoms with Crippen molar-refractivity contribution in [3.63, 3.8) is 0 Å². The number of ether oxygens (including phenoxy) is 1. The molecule has 1 aliphatic rings. The number of aromatic nitrogens is 2. The van der Waals surface area contributed by atoms with Crippen molar-refractivity contribution >= 4 is 28.9 Å². The molecule has 9 heteroatoms. The number of nitrogens with zero attached hydrogens (tertiary/aromatic N) is 2. The first-order chi connectivity index (χ1) is 15.5. The maximum Gasteiger partial charge on any atom is 0.416 e. The maximum absolute atomic E-state index is 13.1. The molecule has 0 unspecified atom stereocenters. The lowest BCUT2D eigenvalue weighted by Gasteiger charge is -2.30. The lowest BCUT2D eigenvalue weighted by molar-refractivity contribution is -0.137. The summed E-state index contributed by atoms with van der Waals surface area (Å²) in [6, 6.07) is 11.9. The van der Waals surface area contributed by atoms with Gasteiger partial charge in [-0.15, -0.1) is 0 Å². The Labute approximate surface area is 189 Å². The SMILES string of the molecule is COc1ccc(Nc2nc(Nc3cccc(C(F)(F)F)c3)nc3c2C(=O)CC(C)(C)C3)cc1. The molecule has 4 rings (SSSR count). The second-order valence-electron chi connectivity index (χ2n) is 8.72. The predicted octanol–water partition coefficient (Wildman–Crippen LogP) is 6.15. The summed E-state index contributed by atoms with van der Waals surface area (Å²) < 4.78 is 44.5. The third kappa shape index (κ3) is 5.08. The number of fused-ring (bicyclic) bond motifs is 1. The van der Waals surface area contributed by atoms with Crippen molar-refractivity contribution in [2.75, 3.05) is 17.7 Å². The number of benzene rings is 2. The fraction of sp³-hybridized carbons (Fsp3) is 0.292. The van der Waals surface area contributed by atoms with E-state index in [-0.39, 0.29) is 22.8 Å². The van der Waals surface area contributed by atoms with E-state index >= 15 is 0 Å². The minimum Gasteiger partial charge on any atom is -0.497 e. The maximum atomic E-state index is 13.1. The van der Waals surface area contributed by atoms with Gasteiger partial charge >= 0.3 is 6.18 Å². The molecule has 0 atom stereocenters. The number of anilines is 4. The van der Waals surface area contributed by atoms with Gasteiger partial charge in [-0.1, -0.05) is 19.9 Å². The standard InChI is InChI=1S/C24H23F3N4O2/c1-23(2)12-18-20(19(32)13-23)21(28-15-7-9-17(33-3)10-8-15)31-22(30-18)29-16-6-4-5-14(11-16)24(25,26)27/h4-11H,12-13H2,1-3H3,(H2,28,29,30,31). The van der Waals surface area contributed by atoms with E-state index in [4.69, 9.17) is 4.74 Å². The van der Waals surface area contributed by atoms with Gasteiger partial charge in [0.15, 0.2) is 5.78 Å². The summed E-state index contributed by atoms with van der Waals surface area (Å²) in [4.78, 5) is 21.9. The molecule has 33 heavy (non-hydrogen) atoms. The van der Waals surface area contributed by atoms with Crippen LogP contribution in [0.25, 0.3) is 0 Å². The number of alkyl halides is 3. The summed E-state index contributed by atoms with van der Waals surface area (Å²) in [5.74, 6) is 1.01. The van der Waals surface area contributed by atoms with Crippen LogP contribution in [0, 0.1) is 5.41 Å². The van der Waals surface area contributed by atoms with E-state index in [0.717, 1.165) is 12.1 Å². The molecule has 6 nitrogen and oxygen atoms in total. The molecule has 172 valence electrons. The monoisotopic (exact) mass is 456 g/mol. The molecule has 0 saturated carbocycles. The second-order valence-corrected chi connectivity index (χ2v) is 8.72. The topological polar surface area (TPSA) is 76.1 Å². The molecular weight excluding hydrogens is 433 g/mol. The highest BCUT2D eigenvalue weighted by molar-refractivity contribution is 6.03. The number of hydrogen-bond donors (Lipinski definition) is 2. The minimum absolute atomic E-state index is 0.0807. The normalized spacial score (nSPS) is 15.0. The van der Waals surface area contributed by atoms with Gasteiger partial charge < -0.3 is 15.4 Å². The Bertz CT molecular complexity index is 1190. The zero-order valence-corrected chi connectivity index (χ0v) is 18.4. The van der Waals surface area contributed by atoms with Gasteiger partial charge in [0.2, 0.25) is 5.95 Å². The summed E-state index contributed by atoms with van der Waals surface area (Å²) >= 11 is 0. The Kier molecular flexibility index (Phi) is 5.73. The first-order valence-corrected chi connectivity index (χ1v) is 10.3. The molecule has 0 aliphatic heterocycles. The number of ketones is 1. The van der Waals surface area contributed by atoms with Crippen LogP contribution in [0.5, 0.6) is 5.75 Å². The summed E-state index contributed by atoms with van der Waals surface area (Å²) in [5.41, 5.74) is 0.763. The number of carbonyl (C=O) groups is 1. The number of carbonyl (C=O) groups excluding carboxylic acids is 1. The Balaban J connectivity index is 1.74. The second kappa shape index (κ2) is 8.38. The van der Waals surface area contributed by atoms with Gasteiger partial charge in [0.05, 0.1) is 23.9 Å². The molecule has 1 heterocycles. The Morgan fingerprint density at radius 3 is 2.36 bits per heavy atom. The van der Waals surface area contributed by atoms with Gasteiger partial charge in [-0.3, -0.25) is 4.79 Å². The molecule has 0 amide bonds. The lowest BCUT2D eigenvalue weighted by atomic mass is 9.75. The highest BCUT2D eigenvalue weighted by atomic mass is 19.4. The molecule has 0 bridgehead atoms. The van der Waals surface area contributed by atoms with Crippen LogP contribution in [-0.4, -0.2) is 22.9 Å². The van der Waals surface area contributed by atoms with Gasteiger partial charge in [-0.2, -0.15) is 18.2 Å². The quantitative estimate of drug-likeness (QED) is 0.480. The highest BCUT2D eigenvalue weighted by Crippen LogP contribution is 2.38. The molecule has 3 aromatic rings. The number of hydrogen-bond acceptors (Lipinski definition) is 6. The number of Topliss-reactive ketones (excluding diaryl/α,β-unsaturated/α-hetero) is 1. The van der Waals surface area contributed by atoms with Crippen LogP contribution in [0.15, 0.2) is 48.5 Å². The molecule has 0 saturated heterocycles. The summed E-state index contributed by atoms with van der Waals surface area (Å²) in [7, 11) is 1.56. The van der Waals surface area contributed by atoms with Crippen molar-refractivity contribution in [3.05, 3.63) is 65.4 Å². The van der Waals surface area contributed by atoms with E-state index in [1.54, 1.807) is 31.4 Å². The van der Waals surface area contributed by atoms with Gasteiger partial charge in [0.1, 0.15) is 11.6 Å². The largest absolute Gasteiger partial charge is 0.497 e. The summed E-state index contributed by atoms with van der Waals surface area (Å²) in [6.45, 7) is 3.96. The van der Waals surface area contributed by atoms with Crippen molar-refractivity contribution in [1.29, 1.82) is 0 Å². The van der Waals surface area contributed by atoms with Crippen LogP contribution in [0.3, 0.4) is 0 Å². The zero-order valence-electron chi connectivity index (χ0n) is 18.4. The van der Waals surface area contributed by atoms with Crippen LogP contribution in [-0.2, 0) is 12.6 Å². The first-order valence-electron chi connectivity index (χ1n) is 10.3.